The van der Waals surface area contributed by atoms with Gasteiger partial charge in [-0.05, 0) is 6.07 Å². The van der Waals surface area contributed by atoms with Crippen LogP contribution in [0.15, 0.2) is 17.1 Å². The van der Waals surface area contributed by atoms with Crippen molar-refractivity contribution in [2.24, 2.45) is 0 Å². The van der Waals surface area contributed by atoms with Gasteiger partial charge in [0.05, 0.1) is 19.3 Å². The SMILES string of the molecule is CC(=O)Nc1ccn([C@H]2CO[C@@H](CO)SC2)c(=O)n1. The zero-order chi connectivity index (χ0) is 13.8. The number of carbonyl (C=O) groups is 1. The highest BCUT2D eigenvalue weighted by atomic mass is 32.2. The predicted octanol–water partition coefficient (Wildman–Crippen LogP) is -0.175. The minimum atomic E-state index is -0.428. The maximum absolute atomic E-state index is 11.9. The number of aliphatic hydroxyl groups is 1. The standard InChI is InChI=1S/C11H15N3O4S/c1-7(16)12-9-2-3-14(11(17)13-9)8-5-18-10(4-15)19-6-8/h2-3,8,10,15H,4-6H2,1H3,(H,12,13,16,17)/t8-,10+/m0/s1. The number of aliphatic hydroxyl groups excluding tert-OH is 1. The Bertz CT molecular complexity index is 511. The molecule has 8 heteroatoms. The first-order chi connectivity index (χ1) is 9.10. The first-order valence-electron chi connectivity index (χ1n) is 5.81. The molecule has 19 heavy (non-hydrogen) atoms. The Hall–Kier alpha value is -1.38. The average Bonchev–Trinajstić information content (AvgIpc) is 2.38. The van der Waals surface area contributed by atoms with Gasteiger partial charge in [-0.1, -0.05) is 0 Å². The molecule has 2 rings (SSSR count). The number of amides is 1. The van der Waals surface area contributed by atoms with Crippen LogP contribution in [0.1, 0.15) is 13.0 Å². The first-order valence-corrected chi connectivity index (χ1v) is 6.86. The lowest BCUT2D eigenvalue weighted by Gasteiger charge is -2.28. The van der Waals surface area contributed by atoms with Crippen molar-refractivity contribution in [2.75, 3.05) is 24.3 Å². The number of thioether (sulfide) groups is 1. The molecule has 1 aromatic heterocycles. The average molecular weight is 285 g/mol. The molecule has 1 aliphatic heterocycles. The number of carbonyl (C=O) groups excluding carboxylic acids is 1. The third-order valence-electron chi connectivity index (χ3n) is 2.63. The molecule has 2 heterocycles. The number of aromatic nitrogens is 2. The summed E-state index contributed by atoms with van der Waals surface area (Å²) in [4.78, 5) is 26.5. The van der Waals surface area contributed by atoms with Gasteiger partial charge in [-0.25, -0.2) is 4.79 Å². The minimum absolute atomic E-state index is 0.0357. The van der Waals surface area contributed by atoms with Crippen molar-refractivity contribution in [1.82, 2.24) is 9.55 Å². The van der Waals surface area contributed by atoms with Crippen molar-refractivity contribution in [2.45, 2.75) is 18.4 Å². The van der Waals surface area contributed by atoms with E-state index in [0.717, 1.165) is 0 Å². The van der Waals surface area contributed by atoms with E-state index < -0.39 is 5.69 Å². The largest absolute Gasteiger partial charge is 0.393 e. The van der Waals surface area contributed by atoms with E-state index in [9.17, 15) is 9.59 Å². The van der Waals surface area contributed by atoms with Crippen LogP contribution in [0.25, 0.3) is 0 Å². The Kier molecular flexibility index (Phi) is 4.56. The molecular weight excluding hydrogens is 270 g/mol. The smallest absolute Gasteiger partial charge is 0.349 e. The molecule has 1 aromatic rings. The molecule has 1 saturated heterocycles. The Balaban J connectivity index is 2.09. The van der Waals surface area contributed by atoms with Crippen LogP contribution in [0.3, 0.4) is 0 Å². The van der Waals surface area contributed by atoms with Gasteiger partial charge in [0.1, 0.15) is 11.3 Å². The molecular formula is C11H15N3O4S. The number of nitrogens with one attached hydrogen (secondary N) is 1. The van der Waals surface area contributed by atoms with Gasteiger partial charge in [-0.3, -0.25) is 9.36 Å². The molecule has 7 nitrogen and oxygen atoms in total. The molecule has 1 aliphatic rings. The van der Waals surface area contributed by atoms with Crippen LogP contribution in [-0.4, -0.2) is 45.0 Å². The molecule has 0 bridgehead atoms. The van der Waals surface area contributed by atoms with E-state index >= 15 is 0 Å². The van der Waals surface area contributed by atoms with Crippen molar-refractivity contribution in [3.63, 3.8) is 0 Å². The summed E-state index contributed by atoms with van der Waals surface area (Å²) in [5.41, 5.74) is -0.651. The van der Waals surface area contributed by atoms with Crippen LogP contribution >= 0.6 is 11.8 Å². The third-order valence-corrected chi connectivity index (χ3v) is 3.86. The lowest BCUT2D eigenvalue weighted by molar-refractivity contribution is -0.114. The van der Waals surface area contributed by atoms with Gasteiger partial charge in [0.2, 0.25) is 5.91 Å². The molecule has 0 aliphatic carbocycles. The number of nitrogens with zero attached hydrogens (tertiary/aromatic N) is 2. The van der Waals surface area contributed by atoms with Gasteiger partial charge < -0.3 is 15.2 Å². The summed E-state index contributed by atoms with van der Waals surface area (Å²) in [6, 6.07) is 1.46. The maximum atomic E-state index is 11.9. The van der Waals surface area contributed by atoms with Crippen LogP contribution in [0.2, 0.25) is 0 Å². The van der Waals surface area contributed by atoms with E-state index in [1.54, 1.807) is 12.3 Å². The normalized spacial score (nSPS) is 23.1. The molecule has 1 fully saturated rings. The fourth-order valence-corrected chi connectivity index (χ4v) is 2.71. The Morgan fingerprint density at radius 3 is 3.05 bits per heavy atom. The van der Waals surface area contributed by atoms with Crippen LogP contribution < -0.4 is 11.0 Å². The summed E-state index contributed by atoms with van der Waals surface area (Å²) in [6.07, 6.45) is 1.59. The number of hydrogen-bond acceptors (Lipinski definition) is 6. The maximum Gasteiger partial charge on any atom is 0.349 e. The minimum Gasteiger partial charge on any atom is -0.393 e. The summed E-state index contributed by atoms with van der Waals surface area (Å²) < 4.78 is 6.88. The molecule has 2 N–H and O–H groups in total. The summed E-state index contributed by atoms with van der Waals surface area (Å²) in [7, 11) is 0. The van der Waals surface area contributed by atoms with E-state index in [1.807, 2.05) is 0 Å². The zero-order valence-corrected chi connectivity index (χ0v) is 11.2. The molecule has 0 unspecified atom stereocenters. The van der Waals surface area contributed by atoms with Gasteiger partial charge in [0.15, 0.2) is 0 Å². The lowest BCUT2D eigenvalue weighted by Crippen LogP contribution is -2.36. The number of anilines is 1. The lowest BCUT2D eigenvalue weighted by atomic mass is 10.3. The molecule has 1 amide bonds. The van der Waals surface area contributed by atoms with Gasteiger partial charge in [0, 0.05) is 18.9 Å². The molecule has 0 radical (unpaired) electrons. The summed E-state index contributed by atoms with van der Waals surface area (Å²) in [5.74, 6) is 0.644. The van der Waals surface area contributed by atoms with Crippen molar-refractivity contribution in [1.29, 1.82) is 0 Å². The van der Waals surface area contributed by atoms with Crippen molar-refractivity contribution in [3.8, 4) is 0 Å². The molecule has 0 aromatic carbocycles. The highest BCUT2D eigenvalue weighted by Gasteiger charge is 2.23. The highest BCUT2D eigenvalue weighted by Crippen LogP contribution is 2.25. The van der Waals surface area contributed by atoms with E-state index in [-0.39, 0.29) is 29.8 Å². The quantitative estimate of drug-likeness (QED) is 0.800. The van der Waals surface area contributed by atoms with Gasteiger partial charge in [-0.15, -0.1) is 11.8 Å². The van der Waals surface area contributed by atoms with Crippen LogP contribution in [0, 0.1) is 0 Å². The fourth-order valence-electron chi connectivity index (χ4n) is 1.74. The Morgan fingerprint density at radius 2 is 2.53 bits per heavy atom. The zero-order valence-electron chi connectivity index (χ0n) is 10.4. The number of hydrogen-bond donors (Lipinski definition) is 2. The molecule has 2 atom stereocenters. The van der Waals surface area contributed by atoms with E-state index in [4.69, 9.17) is 9.84 Å². The monoisotopic (exact) mass is 285 g/mol. The summed E-state index contributed by atoms with van der Waals surface area (Å²) >= 11 is 1.46. The van der Waals surface area contributed by atoms with Crippen LogP contribution in [0.5, 0.6) is 0 Å². The van der Waals surface area contributed by atoms with E-state index in [2.05, 4.69) is 10.3 Å². The van der Waals surface area contributed by atoms with Crippen LogP contribution in [0.4, 0.5) is 5.82 Å². The number of ether oxygens (including phenoxy) is 1. The topological polar surface area (TPSA) is 93.5 Å². The van der Waals surface area contributed by atoms with Gasteiger partial charge >= 0.3 is 5.69 Å². The first kappa shape index (κ1) is 14.0. The summed E-state index contributed by atoms with van der Waals surface area (Å²) in [5, 5.41) is 11.4. The Morgan fingerprint density at radius 1 is 1.74 bits per heavy atom. The molecule has 0 spiro atoms. The highest BCUT2D eigenvalue weighted by molar-refractivity contribution is 7.99. The predicted molar refractivity (Wildman–Crippen MR) is 71.1 cm³/mol. The summed E-state index contributed by atoms with van der Waals surface area (Å²) in [6.45, 7) is 1.68. The van der Waals surface area contributed by atoms with E-state index in [0.29, 0.717) is 12.4 Å². The second-order valence-corrected chi connectivity index (χ2v) is 5.31. The van der Waals surface area contributed by atoms with Gasteiger partial charge in [0.25, 0.3) is 0 Å². The number of rotatable bonds is 3. The Labute approximate surface area is 114 Å². The van der Waals surface area contributed by atoms with Crippen molar-refractivity contribution < 1.29 is 14.6 Å². The van der Waals surface area contributed by atoms with Crippen molar-refractivity contribution >= 4 is 23.5 Å². The fraction of sp³-hybridized carbons (Fsp3) is 0.545. The van der Waals surface area contributed by atoms with E-state index in [1.165, 1.54) is 23.3 Å². The second-order valence-electron chi connectivity index (χ2n) is 4.12. The third kappa shape index (κ3) is 3.55. The van der Waals surface area contributed by atoms with Crippen molar-refractivity contribution in [3.05, 3.63) is 22.7 Å². The molecule has 0 saturated carbocycles. The molecule has 104 valence electrons. The van der Waals surface area contributed by atoms with Crippen LogP contribution in [-0.2, 0) is 9.53 Å². The van der Waals surface area contributed by atoms with Gasteiger partial charge in [-0.2, -0.15) is 4.98 Å². The second kappa shape index (κ2) is 6.18.